The molecule has 0 spiro atoms. The Bertz CT molecular complexity index is 925. The van der Waals surface area contributed by atoms with E-state index in [-0.39, 0.29) is 23.7 Å². The number of para-hydroxylation sites is 1. The van der Waals surface area contributed by atoms with Crippen LogP contribution in [0.2, 0.25) is 0 Å². The molecule has 164 valence electrons. The number of piperidine rings is 1. The van der Waals surface area contributed by atoms with Gasteiger partial charge in [-0.3, -0.25) is 4.79 Å². The van der Waals surface area contributed by atoms with Crippen molar-refractivity contribution in [3.8, 4) is 0 Å². The lowest BCUT2D eigenvalue weighted by molar-refractivity contribution is -0.122. The van der Waals surface area contributed by atoms with Crippen LogP contribution in [0.1, 0.15) is 35.2 Å². The zero-order valence-electron chi connectivity index (χ0n) is 17.4. The molecule has 1 aliphatic rings. The van der Waals surface area contributed by atoms with Crippen LogP contribution < -0.4 is 10.6 Å². The van der Waals surface area contributed by atoms with Crippen LogP contribution in [0.3, 0.4) is 0 Å². The Labute approximate surface area is 180 Å². The van der Waals surface area contributed by atoms with E-state index in [1.54, 1.807) is 41.3 Å². The molecule has 31 heavy (non-hydrogen) atoms. The van der Waals surface area contributed by atoms with E-state index in [9.17, 15) is 18.8 Å². The van der Waals surface area contributed by atoms with E-state index in [0.717, 1.165) is 18.4 Å². The number of hydrogen-bond acceptors (Lipinski definition) is 4. The van der Waals surface area contributed by atoms with E-state index in [0.29, 0.717) is 37.3 Å². The number of urea groups is 1. The number of nitrogens with one attached hydrogen (secondary N) is 2. The first kappa shape index (κ1) is 22.3. The number of methoxy groups -OCH3 is 1. The molecule has 1 aliphatic heterocycles. The molecule has 0 unspecified atom stereocenters. The van der Waals surface area contributed by atoms with Gasteiger partial charge in [-0.25, -0.2) is 14.0 Å². The van der Waals surface area contributed by atoms with Crippen molar-refractivity contribution in [1.29, 1.82) is 0 Å². The molecule has 3 rings (SSSR count). The molecule has 0 bridgehead atoms. The highest BCUT2D eigenvalue weighted by atomic mass is 19.1. The number of amides is 3. The summed E-state index contributed by atoms with van der Waals surface area (Å²) in [5, 5.41) is 5.63. The maximum Gasteiger partial charge on any atom is 0.339 e. The Kier molecular flexibility index (Phi) is 7.59. The maximum atomic E-state index is 12.9. The van der Waals surface area contributed by atoms with Crippen molar-refractivity contribution in [3.63, 3.8) is 0 Å². The quantitative estimate of drug-likeness (QED) is 0.690. The van der Waals surface area contributed by atoms with Gasteiger partial charge < -0.3 is 20.3 Å². The third-order valence-corrected chi connectivity index (χ3v) is 5.35. The predicted molar refractivity (Wildman–Crippen MR) is 114 cm³/mol. The van der Waals surface area contributed by atoms with Crippen molar-refractivity contribution in [2.45, 2.75) is 25.8 Å². The van der Waals surface area contributed by atoms with E-state index in [4.69, 9.17) is 4.74 Å². The van der Waals surface area contributed by atoms with Crippen LogP contribution in [-0.4, -0.2) is 43.0 Å². The summed E-state index contributed by atoms with van der Waals surface area (Å²) in [6, 6.07) is 12.4. The molecule has 1 heterocycles. The Hall–Kier alpha value is -3.42. The molecule has 2 N–H and O–H groups in total. The van der Waals surface area contributed by atoms with Crippen molar-refractivity contribution in [1.82, 2.24) is 10.2 Å². The fourth-order valence-corrected chi connectivity index (χ4v) is 3.55. The predicted octanol–water partition coefficient (Wildman–Crippen LogP) is 3.56. The van der Waals surface area contributed by atoms with Gasteiger partial charge >= 0.3 is 12.0 Å². The minimum atomic E-state index is -0.513. The summed E-state index contributed by atoms with van der Waals surface area (Å²) in [5.74, 6) is -0.681. The zero-order chi connectivity index (χ0) is 22.2. The van der Waals surface area contributed by atoms with Crippen molar-refractivity contribution >= 4 is 23.6 Å². The molecule has 1 fully saturated rings. The van der Waals surface area contributed by atoms with Crippen LogP contribution in [-0.2, 0) is 16.1 Å². The highest BCUT2D eigenvalue weighted by Gasteiger charge is 2.25. The number of benzene rings is 2. The molecule has 0 aromatic heterocycles. The molecule has 7 nitrogen and oxygen atoms in total. The first-order valence-electron chi connectivity index (χ1n) is 10.2. The van der Waals surface area contributed by atoms with Gasteiger partial charge in [-0.05, 0) is 48.6 Å². The number of esters is 1. The first-order valence-corrected chi connectivity index (χ1v) is 10.2. The van der Waals surface area contributed by atoms with Gasteiger partial charge in [-0.2, -0.15) is 0 Å². The average Bonchev–Trinajstić information content (AvgIpc) is 2.79. The van der Waals surface area contributed by atoms with Crippen molar-refractivity contribution in [2.75, 3.05) is 25.5 Å². The number of anilines is 1. The lowest BCUT2D eigenvalue weighted by Gasteiger charge is -2.32. The number of ether oxygens (including phenoxy) is 1. The van der Waals surface area contributed by atoms with Crippen LogP contribution in [0.15, 0.2) is 48.5 Å². The summed E-state index contributed by atoms with van der Waals surface area (Å²) in [7, 11) is 1.29. The second-order valence-electron chi connectivity index (χ2n) is 7.51. The molecule has 0 saturated carbocycles. The fraction of sp³-hybridized carbons (Fsp3) is 0.348. The number of likely N-dealkylation sites (tertiary alicyclic amines) is 1. The topological polar surface area (TPSA) is 87.7 Å². The summed E-state index contributed by atoms with van der Waals surface area (Å²) in [4.78, 5) is 38.4. The number of rotatable bonds is 6. The molecule has 3 amide bonds. The smallest absolute Gasteiger partial charge is 0.339 e. The van der Waals surface area contributed by atoms with Crippen molar-refractivity contribution in [3.05, 3.63) is 65.5 Å². The van der Waals surface area contributed by atoms with Crippen molar-refractivity contribution < 1.29 is 23.5 Å². The van der Waals surface area contributed by atoms with Gasteiger partial charge in [0.2, 0.25) is 5.91 Å². The SMILES string of the molecule is COC(=O)c1ccccc1NC(=O)N1CCC(CC(=O)NCc2ccc(F)cc2)CC1. The molecular formula is C23H26FN3O4. The van der Waals surface area contributed by atoms with Gasteiger partial charge in [0, 0.05) is 26.1 Å². The van der Waals surface area contributed by atoms with Crippen molar-refractivity contribution in [2.24, 2.45) is 5.92 Å². The van der Waals surface area contributed by atoms with Gasteiger partial charge in [-0.15, -0.1) is 0 Å². The molecule has 0 atom stereocenters. The molecule has 2 aromatic rings. The summed E-state index contributed by atoms with van der Waals surface area (Å²) in [5.41, 5.74) is 1.54. The fourth-order valence-electron chi connectivity index (χ4n) is 3.55. The molecule has 1 saturated heterocycles. The Balaban J connectivity index is 1.44. The standard InChI is InChI=1S/C23H26FN3O4/c1-31-22(29)19-4-2-3-5-20(19)26-23(30)27-12-10-16(11-13-27)14-21(28)25-15-17-6-8-18(24)9-7-17/h2-9,16H,10-15H2,1H3,(H,25,28)(H,26,30). The number of carbonyl (C=O) groups is 3. The van der Waals surface area contributed by atoms with Gasteiger partial charge in [-0.1, -0.05) is 24.3 Å². The van der Waals surface area contributed by atoms with Gasteiger partial charge in [0.25, 0.3) is 0 Å². The van der Waals surface area contributed by atoms with Crippen LogP contribution in [0, 0.1) is 11.7 Å². The third-order valence-electron chi connectivity index (χ3n) is 5.35. The number of carbonyl (C=O) groups excluding carboxylic acids is 3. The second kappa shape index (κ2) is 10.6. The highest BCUT2D eigenvalue weighted by Crippen LogP contribution is 2.22. The van der Waals surface area contributed by atoms with E-state index in [2.05, 4.69) is 10.6 Å². The summed E-state index contributed by atoms with van der Waals surface area (Å²) < 4.78 is 17.7. The number of halogens is 1. The number of hydrogen-bond donors (Lipinski definition) is 2. The number of nitrogens with zero attached hydrogens (tertiary/aromatic N) is 1. The minimum absolute atomic E-state index is 0.0563. The third kappa shape index (κ3) is 6.28. The molecule has 0 radical (unpaired) electrons. The normalized spacial score (nSPS) is 14.1. The van der Waals surface area contributed by atoms with Crippen LogP contribution >= 0.6 is 0 Å². The zero-order valence-corrected chi connectivity index (χ0v) is 17.4. The highest BCUT2D eigenvalue weighted by molar-refractivity contribution is 6.00. The van der Waals surface area contributed by atoms with Crippen LogP contribution in [0.5, 0.6) is 0 Å². The Morgan fingerprint density at radius 2 is 1.74 bits per heavy atom. The Morgan fingerprint density at radius 3 is 2.42 bits per heavy atom. The summed E-state index contributed by atoms with van der Waals surface area (Å²) in [6.45, 7) is 1.42. The van der Waals surface area contributed by atoms with E-state index < -0.39 is 5.97 Å². The average molecular weight is 427 g/mol. The monoisotopic (exact) mass is 427 g/mol. The first-order chi connectivity index (χ1) is 15.0. The maximum absolute atomic E-state index is 12.9. The van der Waals surface area contributed by atoms with Gasteiger partial charge in [0.1, 0.15) is 5.82 Å². The molecule has 0 aliphatic carbocycles. The second-order valence-corrected chi connectivity index (χ2v) is 7.51. The van der Waals surface area contributed by atoms with Crippen LogP contribution in [0.25, 0.3) is 0 Å². The van der Waals surface area contributed by atoms with Crippen LogP contribution in [0.4, 0.5) is 14.9 Å². The summed E-state index contributed by atoms with van der Waals surface area (Å²) >= 11 is 0. The summed E-state index contributed by atoms with van der Waals surface area (Å²) in [6.07, 6.45) is 1.83. The van der Waals surface area contributed by atoms with E-state index >= 15 is 0 Å². The molecule has 8 heteroatoms. The van der Waals surface area contributed by atoms with Gasteiger partial charge in [0.05, 0.1) is 18.4 Å². The molecule has 2 aromatic carbocycles. The minimum Gasteiger partial charge on any atom is -0.465 e. The lowest BCUT2D eigenvalue weighted by atomic mass is 9.93. The lowest BCUT2D eigenvalue weighted by Crippen LogP contribution is -2.42. The van der Waals surface area contributed by atoms with E-state index in [1.165, 1.54) is 19.2 Å². The Morgan fingerprint density at radius 1 is 1.06 bits per heavy atom. The van der Waals surface area contributed by atoms with Gasteiger partial charge in [0.15, 0.2) is 0 Å². The van der Waals surface area contributed by atoms with E-state index in [1.807, 2.05) is 0 Å². The largest absolute Gasteiger partial charge is 0.465 e. The molecular weight excluding hydrogens is 401 g/mol.